The number of rotatable bonds is 8. The second-order valence-electron chi connectivity index (χ2n) is 7.33. The Balaban J connectivity index is 1.64. The summed E-state index contributed by atoms with van der Waals surface area (Å²) in [5, 5.41) is 9.18. The zero-order valence-corrected chi connectivity index (χ0v) is 20.2. The van der Waals surface area contributed by atoms with Crippen LogP contribution in [0.2, 0.25) is 5.02 Å². The number of fused-ring (bicyclic) bond motifs is 1. The summed E-state index contributed by atoms with van der Waals surface area (Å²) in [4.78, 5) is 17.4. The molecule has 7 nitrogen and oxygen atoms in total. The van der Waals surface area contributed by atoms with E-state index in [2.05, 4.69) is 15.4 Å². The van der Waals surface area contributed by atoms with Crippen molar-refractivity contribution in [2.75, 3.05) is 17.7 Å². The SMILES string of the molecule is CCOC(=O)C1=C(C)Nc2nc(SCC)nn2C1c1ccc(OCc2ccccc2Cl)cc1. The monoisotopic (exact) mass is 484 g/mol. The number of carbonyl (C=O) groups is 1. The molecule has 1 aliphatic rings. The van der Waals surface area contributed by atoms with Crippen molar-refractivity contribution in [2.24, 2.45) is 0 Å². The molecule has 1 aromatic heterocycles. The fourth-order valence-electron chi connectivity index (χ4n) is 3.63. The van der Waals surface area contributed by atoms with E-state index in [1.807, 2.05) is 62.4 Å². The van der Waals surface area contributed by atoms with Crippen LogP contribution >= 0.6 is 23.4 Å². The molecule has 1 atom stereocenters. The van der Waals surface area contributed by atoms with Crippen LogP contribution in [0.1, 0.15) is 37.9 Å². The van der Waals surface area contributed by atoms with Crippen LogP contribution in [0.3, 0.4) is 0 Å². The molecule has 0 fully saturated rings. The van der Waals surface area contributed by atoms with E-state index >= 15 is 0 Å². The number of aromatic nitrogens is 3. The summed E-state index contributed by atoms with van der Waals surface area (Å²) in [5.74, 6) is 1.77. The summed E-state index contributed by atoms with van der Waals surface area (Å²) in [6.45, 7) is 6.35. The number of halogens is 1. The van der Waals surface area contributed by atoms with E-state index in [9.17, 15) is 4.79 Å². The zero-order valence-electron chi connectivity index (χ0n) is 18.7. The molecule has 0 saturated heterocycles. The van der Waals surface area contributed by atoms with Gasteiger partial charge in [0.2, 0.25) is 11.1 Å². The molecule has 9 heteroatoms. The second-order valence-corrected chi connectivity index (χ2v) is 8.97. The first-order chi connectivity index (χ1) is 16.0. The highest BCUT2D eigenvalue weighted by atomic mass is 35.5. The van der Waals surface area contributed by atoms with E-state index in [1.165, 1.54) is 0 Å². The van der Waals surface area contributed by atoms with Gasteiger partial charge in [0.25, 0.3) is 0 Å². The van der Waals surface area contributed by atoms with Crippen LogP contribution in [0.25, 0.3) is 0 Å². The summed E-state index contributed by atoms with van der Waals surface area (Å²) >= 11 is 7.77. The highest BCUT2D eigenvalue weighted by Gasteiger charge is 2.35. The molecule has 1 unspecified atom stereocenters. The lowest BCUT2D eigenvalue weighted by Crippen LogP contribution is -2.29. The van der Waals surface area contributed by atoms with Crippen molar-refractivity contribution in [3.63, 3.8) is 0 Å². The molecule has 1 N–H and O–H groups in total. The molecular weight excluding hydrogens is 460 g/mol. The van der Waals surface area contributed by atoms with E-state index in [0.29, 0.717) is 39.8 Å². The molecule has 2 aromatic carbocycles. The smallest absolute Gasteiger partial charge is 0.338 e. The highest BCUT2D eigenvalue weighted by molar-refractivity contribution is 7.99. The molecule has 0 amide bonds. The van der Waals surface area contributed by atoms with Crippen molar-refractivity contribution in [1.82, 2.24) is 14.8 Å². The van der Waals surface area contributed by atoms with E-state index < -0.39 is 6.04 Å². The average Bonchev–Trinajstić information content (AvgIpc) is 3.20. The number of nitrogens with zero attached hydrogens (tertiary/aromatic N) is 3. The molecule has 1 aliphatic heterocycles. The Morgan fingerprint density at radius 1 is 1.18 bits per heavy atom. The van der Waals surface area contributed by atoms with Crippen LogP contribution in [0, 0.1) is 0 Å². The number of nitrogens with one attached hydrogen (secondary N) is 1. The van der Waals surface area contributed by atoms with Gasteiger partial charge in [-0.25, -0.2) is 9.48 Å². The topological polar surface area (TPSA) is 78.3 Å². The minimum atomic E-state index is -0.461. The zero-order chi connectivity index (χ0) is 23.4. The predicted molar refractivity (Wildman–Crippen MR) is 130 cm³/mol. The Kier molecular flexibility index (Phi) is 7.25. The van der Waals surface area contributed by atoms with Gasteiger partial charge in [-0.05, 0) is 43.4 Å². The summed E-state index contributed by atoms with van der Waals surface area (Å²) in [7, 11) is 0. The Labute approximate surface area is 202 Å². The van der Waals surface area contributed by atoms with Crippen LogP contribution in [0.5, 0.6) is 5.75 Å². The number of esters is 1. The summed E-state index contributed by atoms with van der Waals surface area (Å²) in [6, 6.07) is 14.8. The van der Waals surface area contributed by atoms with Gasteiger partial charge in [0, 0.05) is 16.3 Å². The Morgan fingerprint density at radius 3 is 2.64 bits per heavy atom. The Hall–Kier alpha value is -2.97. The van der Waals surface area contributed by atoms with Gasteiger partial charge in [-0.1, -0.05) is 60.6 Å². The first-order valence-electron chi connectivity index (χ1n) is 10.7. The van der Waals surface area contributed by atoms with Gasteiger partial charge in [0.1, 0.15) is 18.4 Å². The van der Waals surface area contributed by atoms with Crippen molar-refractivity contribution in [3.8, 4) is 5.75 Å². The number of hydrogen-bond donors (Lipinski definition) is 1. The maximum absolute atomic E-state index is 12.9. The molecule has 0 saturated carbocycles. The van der Waals surface area contributed by atoms with Gasteiger partial charge in [-0.2, -0.15) is 4.98 Å². The first-order valence-corrected chi connectivity index (χ1v) is 12.1. The standard InChI is InChI=1S/C24H25ClN4O3S/c1-4-31-22(30)20-15(3)26-23-27-24(33-5-2)28-29(23)21(20)16-10-12-18(13-11-16)32-14-17-8-6-7-9-19(17)25/h6-13,21H,4-5,14H2,1-3H3,(H,26,27,28). The number of anilines is 1. The molecule has 0 spiro atoms. The lowest BCUT2D eigenvalue weighted by Gasteiger charge is -2.28. The number of allylic oxidation sites excluding steroid dienone is 1. The van der Waals surface area contributed by atoms with E-state index in [0.717, 1.165) is 16.9 Å². The molecule has 4 rings (SSSR count). The van der Waals surface area contributed by atoms with Crippen molar-refractivity contribution in [1.29, 1.82) is 0 Å². The molecule has 0 aliphatic carbocycles. The third kappa shape index (κ3) is 5.02. The molecule has 0 radical (unpaired) electrons. The molecule has 0 bridgehead atoms. The number of ether oxygens (including phenoxy) is 2. The summed E-state index contributed by atoms with van der Waals surface area (Å²) < 4.78 is 13.0. The normalized spacial score (nSPS) is 15.1. The third-order valence-electron chi connectivity index (χ3n) is 5.15. The fraction of sp³-hybridized carbons (Fsp3) is 0.292. The van der Waals surface area contributed by atoms with Crippen molar-refractivity contribution >= 4 is 35.3 Å². The first kappa shape index (κ1) is 23.2. The molecule has 3 aromatic rings. The van der Waals surface area contributed by atoms with Gasteiger partial charge < -0.3 is 14.8 Å². The largest absolute Gasteiger partial charge is 0.489 e. The van der Waals surface area contributed by atoms with Crippen LogP contribution in [-0.4, -0.2) is 33.1 Å². The number of hydrogen-bond acceptors (Lipinski definition) is 7. The van der Waals surface area contributed by atoms with Gasteiger partial charge in [-0.15, -0.1) is 5.10 Å². The van der Waals surface area contributed by atoms with Crippen LogP contribution < -0.4 is 10.1 Å². The lowest BCUT2D eigenvalue weighted by molar-refractivity contribution is -0.139. The summed E-state index contributed by atoms with van der Waals surface area (Å²) in [6.07, 6.45) is 0. The van der Waals surface area contributed by atoms with Crippen LogP contribution in [0.4, 0.5) is 5.95 Å². The second kappa shape index (κ2) is 10.3. The fourth-order valence-corrected chi connectivity index (χ4v) is 4.37. The van der Waals surface area contributed by atoms with Crippen molar-refractivity contribution in [3.05, 3.63) is 76.0 Å². The maximum atomic E-state index is 12.9. The third-order valence-corrected chi connectivity index (χ3v) is 6.24. The number of carbonyl (C=O) groups excluding carboxylic acids is 1. The van der Waals surface area contributed by atoms with Gasteiger partial charge >= 0.3 is 5.97 Å². The highest BCUT2D eigenvalue weighted by Crippen LogP contribution is 2.37. The van der Waals surface area contributed by atoms with Crippen molar-refractivity contribution in [2.45, 2.75) is 38.6 Å². The summed E-state index contributed by atoms with van der Waals surface area (Å²) in [5.41, 5.74) is 3.00. The molecule has 33 heavy (non-hydrogen) atoms. The van der Waals surface area contributed by atoms with Crippen molar-refractivity contribution < 1.29 is 14.3 Å². The maximum Gasteiger partial charge on any atom is 0.338 e. The number of benzene rings is 2. The average molecular weight is 485 g/mol. The van der Waals surface area contributed by atoms with E-state index in [1.54, 1.807) is 23.4 Å². The van der Waals surface area contributed by atoms with Crippen LogP contribution in [0.15, 0.2) is 65.0 Å². The van der Waals surface area contributed by atoms with Gasteiger partial charge in [0.05, 0.1) is 12.2 Å². The quantitative estimate of drug-likeness (QED) is 0.335. The Morgan fingerprint density at radius 2 is 1.94 bits per heavy atom. The lowest BCUT2D eigenvalue weighted by atomic mass is 9.96. The predicted octanol–water partition coefficient (Wildman–Crippen LogP) is 5.47. The Bertz CT molecular complexity index is 1180. The van der Waals surface area contributed by atoms with E-state index in [4.69, 9.17) is 21.1 Å². The van der Waals surface area contributed by atoms with Gasteiger partial charge in [0.15, 0.2) is 0 Å². The minimum Gasteiger partial charge on any atom is -0.489 e. The molecule has 2 heterocycles. The molecule has 172 valence electrons. The minimum absolute atomic E-state index is 0.290. The molecular formula is C24H25ClN4O3S. The number of thioether (sulfide) groups is 1. The van der Waals surface area contributed by atoms with Gasteiger partial charge in [-0.3, -0.25) is 0 Å². The van der Waals surface area contributed by atoms with Crippen LogP contribution in [-0.2, 0) is 16.1 Å². The van der Waals surface area contributed by atoms with E-state index in [-0.39, 0.29) is 12.6 Å².